The predicted octanol–water partition coefficient (Wildman–Crippen LogP) is -2.77. The van der Waals surface area contributed by atoms with E-state index in [2.05, 4.69) is 6.92 Å². The van der Waals surface area contributed by atoms with Crippen molar-refractivity contribution in [1.29, 1.82) is 0 Å². The third-order valence-corrected chi connectivity index (χ3v) is 3.23. The van der Waals surface area contributed by atoms with E-state index in [-0.39, 0.29) is 56.7 Å². The van der Waals surface area contributed by atoms with E-state index in [0.717, 1.165) is 19.3 Å². The first kappa shape index (κ1) is 24.5. The molecule has 0 aromatic heterocycles. The van der Waals surface area contributed by atoms with Crippen molar-refractivity contribution in [3.63, 3.8) is 0 Å². The Morgan fingerprint density at radius 1 is 1.21 bits per heavy atom. The van der Waals surface area contributed by atoms with Crippen molar-refractivity contribution in [3.05, 3.63) is 0 Å². The molecule has 0 aliphatic carbocycles. The Bertz CT molecular complexity index is 298. The van der Waals surface area contributed by atoms with Crippen LogP contribution in [-0.4, -0.2) is 22.6 Å². The molecule has 0 rings (SSSR count). The standard InChI is InChI=1S/C13H24O4.Li.Na.2H/c1-6-7-8-13(5,12(2,3)4)17-11(16)9-10(14)15;;;;/h6-9H2,1-5H3,(H,14,15);;;;/q;2*+1;2*-1. The van der Waals surface area contributed by atoms with Crippen LogP contribution < -0.4 is 48.4 Å². The number of rotatable bonds is 6. The molecule has 19 heavy (non-hydrogen) atoms. The van der Waals surface area contributed by atoms with Gasteiger partial charge in [0.2, 0.25) is 0 Å². The Hall–Kier alpha value is 0.537. The van der Waals surface area contributed by atoms with Crippen molar-refractivity contribution in [3.8, 4) is 0 Å². The minimum absolute atomic E-state index is 0. The van der Waals surface area contributed by atoms with E-state index in [1.165, 1.54) is 0 Å². The SMILES string of the molecule is CCCCC(C)(OC(=O)CC(=O)O)C(C)(C)C.[H-].[H-].[Li+].[Na+]. The van der Waals surface area contributed by atoms with Crippen LogP contribution in [0.15, 0.2) is 0 Å². The zero-order valence-corrected chi connectivity index (χ0v) is 15.5. The zero-order valence-electron chi connectivity index (χ0n) is 15.5. The molecule has 1 atom stereocenters. The molecule has 1 N–H and O–H groups in total. The molecule has 6 heteroatoms. The minimum Gasteiger partial charge on any atom is -1.00 e. The van der Waals surface area contributed by atoms with Crippen LogP contribution in [0.3, 0.4) is 0 Å². The van der Waals surface area contributed by atoms with Gasteiger partial charge in [-0.05, 0) is 19.8 Å². The van der Waals surface area contributed by atoms with Crippen LogP contribution in [0.2, 0.25) is 0 Å². The molecule has 0 spiro atoms. The van der Waals surface area contributed by atoms with E-state index in [4.69, 9.17) is 9.84 Å². The van der Waals surface area contributed by atoms with Crippen molar-refractivity contribution in [1.82, 2.24) is 0 Å². The summed E-state index contributed by atoms with van der Waals surface area (Å²) in [6.07, 6.45) is 2.15. The fourth-order valence-electron chi connectivity index (χ4n) is 1.50. The van der Waals surface area contributed by atoms with E-state index >= 15 is 0 Å². The number of carboxylic acid groups (broad SMARTS) is 1. The minimum atomic E-state index is -1.15. The maximum Gasteiger partial charge on any atom is 1.00 e. The first-order chi connectivity index (χ1) is 7.62. The molecular formula is C13H26LiNaO4. The topological polar surface area (TPSA) is 63.6 Å². The second kappa shape index (κ2) is 10.3. The van der Waals surface area contributed by atoms with Gasteiger partial charge in [-0.25, -0.2) is 0 Å². The Morgan fingerprint density at radius 2 is 1.68 bits per heavy atom. The number of hydrogen-bond acceptors (Lipinski definition) is 3. The molecule has 0 radical (unpaired) electrons. The molecule has 4 nitrogen and oxygen atoms in total. The van der Waals surface area contributed by atoms with Gasteiger partial charge in [-0.3, -0.25) is 9.59 Å². The van der Waals surface area contributed by atoms with Crippen molar-refractivity contribution in [2.45, 2.75) is 65.9 Å². The van der Waals surface area contributed by atoms with E-state index in [1.807, 2.05) is 27.7 Å². The number of aliphatic carboxylic acids is 1. The van der Waals surface area contributed by atoms with Crippen LogP contribution in [-0.2, 0) is 14.3 Å². The molecule has 0 aliphatic heterocycles. The Kier molecular flexibility index (Phi) is 13.3. The van der Waals surface area contributed by atoms with Gasteiger partial charge in [0.25, 0.3) is 0 Å². The Labute approximate surface area is 153 Å². The van der Waals surface area contributed by atoms with Crippen LogP contribution >= 0.6 is 0 Å². The van der Waals surface area contributed by atoms with Gasteiger partial charge in [0.15, 0.2) is 0 Å². The second-order valence-electron chi connectivity index (χ2n) is 5.63. The summed E-state index contributed by atoms with van der Waals surface area (Å²) in [6, 6.07) is 0. The number of carbonyl (C=O) groups is 2. The van der Waals surface area contributed by atoms with Gasteiger partial charge in [-0.2, -0.15) is 0 Å². The van der Waals surface area contributed by atoms with Crippen LogP contribution in [0.5, 0.6) is 0 Å². The van der Waals surface area contributed by atoms with Gasteiger partial charge < -0.3 is 12.7 Å². The summed E-state index contributed by atoms with van der Waals surface area (Å²) in [7, 11) is 0. The maximum absolute atomic E-state index is 11.5. The summed E-state index contributed by atoms with van der Waals surface area (Å²) in [6.45, 7) is 9.94. The van der Waals surface area contributed by atoms with Gasteiger partial charge in [-0.1, -0.05) is 34.1 Å². The van der Waals surface area contributed by atoms with Crippen LogP contribution in [0.1, 0.15) is 63.2 Å². The van der Waals surface area contributed by atoms with Crippen LogP contribution in [0, 0.1) is 5.41 Å². The number of ether oxygens (including phenoxy) is 1. The molecule has 0 aromatic carbocycles. The fourth-order valence-corrected chi connectivity index (χ4v) is 1.50. The van der Waals surface area contributed by atoms with Crippen LogP contribution in [0.4, 0.5) is 0 Å². The summed E-state index contributed by atoms with van der Waals surface area (Å²) in [5, 5.41) is 8.56. The fraction of sp³-hybridized carbons (Fsp3) is 0.846. The number of carboxylic acids is 1. The maximum atomic E-state index is 11.5. The van der Waals surface area contributed by atoms with Gasteiger partial charge in [0.1, 0.15) is 12.0 Å². The monoisotopic (exact) mass is 276 g/mol. The molecule has 0 aliphatic rings. The molecule has 1 unspecified atom stereocenters. The average molecular weight is 276 g/mol. The summed E-state index contributed by atoms with van der Waals surface area (Å²) in [5.74, 6) is -1.81. The molecule has 0 amide bonds. The number of carbonyl (C=O) groups excluding carboxylic acids is 1. The smallest absolute Gasteiger partial charge is 1.00 e. The summed E-state index contributed by atoms with van der Waals surface area (Å²) < 4.78 is 5.40. The molecule has 0 aromatic rings. The third kappa shape index (κ3) is 9.15. The van der Waals surface area contributed by atoms with Gasteiger partial charge in [0.05, 0.1) is 0 Å². The molecule has 0 bridgehead atoms. The normalized spacial score (nSPS) is 13.5. The Balaban J connectivity index is -0.000000213. The zero-order chi connectivity index (χ0) is 13.7. The van der Waals surface area contributed by atoms with Gasteiger partial charge >= 0.3 is 60.4 Å². The number of unbranched alkanes of at least 4 members (excludes halogenated alkanes) is 1. The van der Waals surface area contributed by atoms with Gasteiger partial charge in [0, 0.05) is 5.41 Å². The van der Waals surface area contributed by atoms with E-state index in [0.29, 0.717) is 0 Å². The van der Waals surface area contributed by atoms with E-state index in [1.54, 1.807) is 0 Å². The molecule has 0 saturated carbocycles. The average Bonchev–Trinajstić information content (AvgIpc) is 2.11. The molecule has 104 valence electrons. The summed E-state index contributed by atoms with van der Waals surface area (Å²) in [5.41, 5.74) is -0.828. The molecule has 0 heterocycles. The van der Waals surface area contributed by atoms with Crippen molar-refractivity contribution >= 4 is 11.9 Å². The summed E-state index contributed by atoms with van der Waals surface area (Å²) >= 11 is 0. The molecule has 0 fully saturated rings. The Morgan fingerprint density at radius 3 is 2.00 bits per heavy atom. The molecule has 0 saturated heterocycles. The van der Waals surface area contributed by atoms with E-state index < -0.39 is 24.0 Å². The largest absolute Gasteiger partial charge is 1.00 e. The van der Waals surface area contributed by atoms with Crippen molar-refractivity contribution < 1.29 is 70.7 Å². The van der Waals surface area contributed by atoms with E-state index in [9.17, 15) is 9.59 Å². The first-order valence-electron chi connectivity index (χ1n) is 6.06. The summed E-state index contributed by atoms with van der Waals surface area (Å²) in [4.78, 5) is 21.9. The third-order valence-electron chi connectivity index (χ3n) is 3.23. The second-order valence-corrected chi connectivity index (χ2v) is 5.63. The quantitative estimate of drug-likeness (QED) is 0.324. The number of esters is 1. The predicted molar refractivity (Wildman–Crippen MR) is 68.0 cm³/mol. The number of hydrogen-bond donors (Lipinski definition) is 1. The molecular weight excluding hydrogens is 250 g/mol. The van der Waals surface area contributed by atoms with Gasteiger partial charge in [-0.15, -0.1) is 0 Å². The van der Waals surface area contributed by atoms with Crippen molar-refractivity contribution in [2.24, 2.45) is 5.41 Å². The van der Waals surface area contributed by atoms with Crippen molar-refractivity contribution in [2.75, 3.05) is 0 Å². The first-order valence-corrected chi connectivity index (χ1v) is 6.06. The van der Waals surface area contributed by atoms with Crippen LogP contribution in [0.25, 0.3) is 0 Å².